The fourth-order valence-corrected chi connectivity index (χ4v) is 4.79. The number of alkyl halides is 1. The van der Waals surface area contributed by atoms with Gasteiger partial charge in [0.05, 0.1) is 25.4 Å². The Morgan fingerprint density at radius 1 is 1.20 bits per heavy atom. The van der Waals surface area contributed by atoms with Crippen LogP contribution in [0, 0.1) is 0 Å². The van der Waals surface area contributed by atoms with Crippen molar-refractivity contribution in [3.05, 3.63) is 48.2 Å². The molecule has 0 aliphatic carbocycles. The number of carbonyl (C=O) groups excluding carboxylic acids is 2. The van der Waals surface area contributed by atoms with Crippen molar-refractivity contribution in [2.45, 2.75) is 11.4 Å². The monoisotopic (exact) mass is 376 g/mol. The molecule has 1 aromatic heterocycles. The Hall–Kier alpha value is -1.92. The van der Waals surface area contributed by atoms with Gasteiger partial charge in [-0.25, -0.2) is 0 Å². The van der Waals surface area contributed by atoms with Crippen molar-refractivity contribution in [2.24, 2.45) is 0 Å². The molecule has 130 valence electrons. The minimum atomic E-state index is -0.335. The number of carbonyl (C=O) groups is 2. The number of thioether (sulfide) groups is 1. The van der Waals surface area contributed by atoms with E-state index in [1.54, 1.807) is 16.7 Å². The molecule has 2 amide bonds. The molecular formula is C18H17ClN2O3S. The van der Waals surface area contributed by atoms with Gasteiger partial charge in [-0.1, -0.05) is 30.3 Å². The normalized spacial score (nSPS) is 18.7. The number of rotatable bonds is 4. The molecule has 1 spiro atoms. The van der Waals surface area contributed by atoms with Crippen molar-refractivity contribution < 1.29 is 14.0 Å². The van der Waals surface area contributed by atoms with Crippen LogP contribution >= 0.6 is 23.4 Å². The molecule has 7 heteroatoms. The molecule has 1 aromatic carbocycles. The highest BCUT2D eigenvalue weighted by molar-refractivity contribution is 8.01. The maximum atomic E-state index is 12.3. The zero-order valence-corrected chi connectivity index (χ0v) is 15.1. The molecule has 2 saturated heterocycles. The van der Waals surface area contributed by atoms with E-state index in [4.69, 9.17) is 16.0 Å². The third-order valence-electron chi connectivity index (χ3n) is 4.63. The van der Waals surface area contributed by atoms with Crippen LogP contribution < -0.4 is 0 Å². The predicted molar refractivity (Wildman–Crippen MR) is 97.2 cm³/mol. The SMILES string of the molecule is O=C(CCl)N1CC2(C1)SCC(=O)N2Cc1ccc(-c2ccccc2)o1. The Morgan fingerprint density at radius 2 is 1.96 bits per heavy atom. The van der Waals surface area contributed by atoms with Crippen molar-refractivity contribution in [1.82, 2.24) is 9.80 Å². The molecule has 0 unspecified atom stereocenters. The van der Waals surface area contributed by atoms with E-state index in [0.29, 0.717) is 25.4 Å². The van der Waals surface area contributed by atoms with Gasteiger partial charge >= 0.3 is 0 Å². The van der Waals surface area contributed by atoms with Crippen molar-refractivity contribution in [3.63, 3.8) is 0 Å². The zero-order chi connectivity index (χ0) is 17.4. The number of benzene rings is 1. The summed E-state index contributed by atoms with van der Waals surface area (Å²) in [5.41, 5.74) is 1.01. The molecule has 4 rings (SSSR count). The average molecular weight is 377 g/mol. The second kappa shape index (κ2) is 6.42. The molecule has 0 N–H and O–H groups in total. The van der Waals surface area contributed by atoms with Crippen LogP contribution in [0.4, 0.5) is 0 Å². The highest BCUT2D eigenvalue weighted by Crippen LogP contribution is 2.44. The largest absolute Gasteiger partial charge is 0.459 e. The smallest absolute Gasteiger partial charge is 0.237 e. The molecule has 3 heterocycles. The quantitative estimate of drug-likeness (QED) is 0.770. The average Bonchev–Trinajstić information content (AvgIpc) is 3.20. The Balaban J connectivity index is 1.49. The molecule has 0 atom stereocenters. The van der Waals surface area contributed by atoms with Crippen molar-refractivity contribution >= 4 is 35.2 Å². The number of halogens is 1. The lowest BCUT2D eigenvalue weighted by molar-refractivity contribution is -0.145. The standard InChI is InChI=1S/C18H17ClN2O3S/c19-8-16(22)20-11-18(12-20)21(17(23)10-25-18)9-14-6-7-15(24-14)13-4-2-1-3-5-13/h1-7H,8-12H2. The van der Waals surface area contributed by atoms with Crippen molar-refractivity contribution in [2.75, 3.05) is 24.7 Å². The van der Waals surface area contributed by atoms with E-state index in [1.807, 2.05) is 47.4 Å². The summed E-state index contributed by atoms with van der Waals surface area (Å²) in [6.45, 7) is 1.48. The molecule has 2 aliphatic heterocycles. The van der Waals surface area contributed by atoms with E-state index in [-0.39, 0.29) is 22.6 Å². The van der Waals surface area contributed by atoms with Crippen LogP contribution in [0.15, 0.2) is 46.9 Å². The van der Waals surface area contributed by atoms with Crippen LogP contribution in [0.2, 0.25) is 0 Å². The minimum absolute atomic E-state index is 0.0205. The molecule has 2 fully saturated rings. The molecular weight excluding hydrogens is 360 g/mol. The number of hydrogen-bond donors (Lipinski definition) is 0. The first-order valence-electron chi connectivity index (χ1n) is 8.04. The van der Waals surface area contributed by atoms with Crippen LogP contribution in [0.25, 0.3) is 11.3 Å². The van der Waals surface area contributed by atoms with Gasteiger partial charge in [-0.05, 0) is 12.1 Å². The van der Waals surface area contributed by atoms with Crippen LogP contribution in [-0.4, -0.2) is 51.2 Å². The van der Waals surface area contributed by atoms with Gasteiger partial charge in [0.15, 0.2) is 0 Å². The van der Waals surface area contributed by atoms with Crippen molar-refractivity contribution in [3.8, 4) is 11.3 Å². The third-order valence-corrected chi connectivity index (χ3v) is 6.27. The van der Waals surface area contributed by atoms with Gasteiger partial charge in [0.25, 0.3) is 0 Å². The Kier molecular flexibility index (Phi) is 4.25. The second-order valence-corrected chi connectivity index (χ2v) is 7.83. The summed E-state index contributed by atoms with van der Waals surface area (Å²) < 4.78 is 5.93. The van der Waals surface area contributed by atoms with Crippen molar-refractivity contribution in [1.29, 1.82) is 0 Å². The highest BCUT2D eigenvalue weighted by Gasteiger charge is 2.55. The maximum Gasteiger partial charge on any atom is 0.237 e. The van der Waals surface area contributed by atoms with E-state index in [2.05, 4.69) is 0 Å². The fourth-order valence-electron chi connectivity index (χ4n) is 3.26. The van der Waals surface area contributed by atoms with E-state index in [1.165, 1.54) is 0 Å². The molecule has 0 saturated carbocycles. The summed E-state index contributed by atoms with van der Waals surface area (Å²) in [4.78, 5) is 27.2. The van der Waals surface area contributed by atoms with Gasteiger partial charge in [0.2, 0.25) is 11.8 Å². The third kappa shape index (κ3) is 2.93. The van der Waals surface area contributed by atoms with E-state index in [9.17, 15) is 9.59 Å². The summed E-state index contributed by atoms with van der Waals surface area (Å²) in [5.74, 6) is 1.95. The minimum Gasteiger partial charge on any atom is -0.459 e. The molecule has 2 aliphatic rings. The van der Waals surface area contributed by atoms with Crippen LogP contribution in [0.3, 0.4) is 0 Å². The van der Waals surface area contributed by atoms with Gasteiger partial charge < -0.3 is 14.2 Å². The fraction of sp³-hybridized carbons (Fsp3) is 0.333. The first-order valence-corrected chi connectivity index (χ1v) is 9.56. The lowest BCUT2D eigenvalue weighted by Gasteiger charge is -2.51. The van der Waals surface area contributed by atoms with Crippen LogP contribution in [-0.2, 0) is 16.1 Å². The lowest BCUT2D eigenvalue weighted by atomic mass is 10.1. The Morgan fingerprint density at radius 3 is 2.68 bits per heavy atom. The number of hydrogen-bond acceptors (Lipinski definition) is 4. The molecule has 25 heavy (non-hydrogen) atoms. The van der Waals surface area contributed by atoms with E-state index >= 15 is 0 Å². The molecule has 2 aromatic rings. The molecule has 5 nitrogen and oxygen atoms in total. The predicted octanol–water partition coefficient (Wildman–Crippen LogP) is 2.80. The summed E-state index contributed by atoms with van der Waals surface area (Å²) in [7, 11) is 0. The van der Waals surface area contributed by atoms with Gasteiger partial charge in [0.1, 0.15) is 22.3 Å². The van der Waals surface area contributed by atoms with Gasteiger partial charge in [-0.15, -0.1) is 23.4 Å². The topological polar surface area (TPSA) is 53.8 Å². The van der Waals surface area contributed by atoms with Gasteiger partial charge in [-0.3, -0.25) is 9.59 Å². The summed E-state index contributed by atoms with van der Waals surface area (Å²) in [5, 5.41) is 0. The zero-order valence-electron chi connectivity index (χ0n) is 13.5. The summed E-state index contributed by atoms with van der Waals surface area (Å²) in [6, 6.07) is 13.7. The number of amides is 2. The molecule has 0 radical (unpaired) electrons. The maximum absolute atomic E-state index is 12.3. The highest BCUT2D eigenvalue weighted by atomic mass is 35.5. The Bertz CT molecular complexity index is 802. The van der Waals surface area contributed by atoms with Gasteiger partial charge in [0, 0.05) is 5.56 Å². The number of furan rings is 1. The van der Waals surface area contributed by atoms with Crippen LogP contribution in [0.5, 0.6) is 0 Å². The Labute approximate surface area is 154 Å². The first-order chi connectivity index (χ1) is 12.1. The lowest BCUT2D eigenvalue weighted by Crippen LogP contribution is -2.68. The second-order valence-electron chi connectivity index (χ2n) is 6.23. The summed E-state index contributed by atoms with van der Waals surface area (Å²) >= 11 is 7.22. The summed E-state index contributed by atoms with van der Waals surface area (Å²) in [6.07, 6.45) is 0. The number of likely N-dealkylation sites (tertiary alicyclic amines) is 1. The van der Waals surface area contributed by atoms with Crippen LogP contribution in [0.1, 0.15) is 5.76 Å². The first kappa shape index (κ1) is 16.5. The van der Waals surface area contributed by atoms with E-state index < -0.39 is 0 Å². The van der Waals surface area contributed by atoms with Gasteiger partial charge in [-0.2, -0.15) is 0 Å². The van der Waals surface area contributed by atoms with E-state index in [0.717, 1.165) is 17.1 Å². The molecule has 0 bridgehead atoms. The number of nitrogens with zero attached hydrogens (tertiary/aromatic N) is 2.